The van der Waals surface area contributed by atoms with E-state index in [0.29, 0.717) is 6.04 Å². The van der Waals surface area contributed by atoms with Crippen LogP contribution in [0.3, 0.4) is 0 Å². The monoisotopic (exact) mass is 295 g/mol. The van der Waals surface area contributed by atoms with Crippen molar-refractivity contribution in [2.45, 2.75) is 25.8 Å². The molecule has 1 N–H and O–H groups in total. The minimum absolute atomic E-state index is 0.471. The Balaban J connectivity index is 1.81. The number of para-hydroxylation sites is 1. The second-order valence-electron chi connectivity index (χ2n) is 5.70. The molecule has 1 atom stereocenters. The van der Waals surface area contributed by atoms with Gasteiger partial charge in [-0.15, -0.1) is 0 Å². The van der Waals surface area contributed by atoms with Gasteiger partial charge in [0.05, 0.1) is 5.52 Å². The van der Waals surface area contributed by atoms with Crippen LogP contribution in [0, 0.1) is 5.92 Å². The normalized spacial score (nSPS) is 16.0. The van der Waals surface area contributed by atoms with E-state index in [9.17, 15) is 0 Å². The molecule has 0 bridgehead atoms. The van der Waals surface area contributed by atoms with Gasteiger partial charge in [-0.3, -0.25) is 0 Å². The summed E-state index contributed by atoms with van der Waals surface area (Å²) in [6, 6.07) is 10.8. The van der Waals surface area contributed by atoms with Crippen molar-refractivity contribution >= 4 is 28.1 Å². The number of aromatic nitrogens is 2. The van der Waals surface area contributed by atoms with Crippen molar-refractivity contribution in [1.29, 1.82) is 0 Å². The molecular formula is C17H17N3S. The lowest BCUT2D eigenvalue weighted by molar-refractivity contribution is 0.691. The van der Waals surface area contributed by atoms with Crippen LogP contribution in [0.2, 0.25) is 0 Å². The molecule has 2 heterocycles. The second-order valence-corrected chi connectivity index (χ2v) is 6.48. The number of rotatable bonds is 4. The molecule has 3 nitrogen and oxygen atoms in total. The van der Waals surface area contributed by atoms with E-state index in [0.717, 1.165) is 34.0 Å². The van der Waals surface area contributed by atoms with E-state index in [1.54, 1.807) is 11.3 Å². The summed E-state index contributed by atoms with van der Waals surface area (Å²) in [6.07, 6.45) is 2.66. The highest BCUT2D eigenvalue weighted by Gasteiger charge is 2.28. The van der Waals surface area contributed by atoms with Gasteiger partial charge in [0.2, 0.25) is 0 Å². The number of thiophene rings is 1. The third-order valence-electron chi connectivity index (χ3n) is 4.08. The molecule has 106 valence electrons. The Morgan fingerprint density at radius 3 is 2.81 bits per heavy atom. The molecule has 0 spiro atoms. The minimum atomic E-state index is 0.471. The maximum atomic E-state index is 4.78. The van der Waals surface area contributed by atoms with Gasteiger partial charge in [-0.2, -0.15) is 11.3 Å². The van der Waals surface area contributed by atoms with Crippen molar-refractivity contribution in [3.8, 4) is 11.4 Å². The molecule has 0 saturated heterocycles. The molecule has 21 heavy (non-hydrogen) atoms. The fraction of sp³-hybridized carbons (Fsp3) is 0.294. The Hall–Kier alpha value is -1.94. The third-order valence-corrected chi connectivity index (χ3v) is 4.76. The van der Waals surface area contributed by atoms with Crippen molar-refractivity contribution in [2.24, 2.45) is 5.92 Å². The largest absolute Gasteiger partial charge is 0.367 e. The fourth-order valence-corrected chi connectivity index (χ4v) is 3.27. The minimum Gasteiger partial charge on any atom is -0.367 e. The van der Waals surface area contributed by atoms with Crippen LogP contribution in [0.1, 0.15) is 19.8 Å². The van der Waals surface area contributed by atoms with Crippen molar-refractivity contribution in [1.82, 2.24) is 9.97 Å². The highest BCUT2D eigenvalue weighted by molar-refractivity contribution is 7.08. The van der Waals surface area contributed by atoms with Crippen LogP contribution in [0.5, 0.6) is 0 Å². The summed E-state index contributed by atoms with van der Waals surface area (Å²) in [4.78, 5) is 9.48. The van der Waals surface area contributed by atoms with Gasteiger partial charge in [-0.05, 0) is 49.3 Å². The average Bonchev–Trinajstić information content (AvgIpc) is 3.22. The Bertz CT molecular complexity index is 763. The van der Waals surface area contributed by atoms with Crippen molar-refractivity contribution in [3.05, 3.63) is 41.1 Å². The standard InChI is InChI=1S/C17H17N3S/c1-11(12-6-7-12)18-17-14-4-2-3-5-15(14)19-16(20-17)13-8-9-21-10-13/h2-5,8-12H,6-7H2,1H3,(H,18,19,20)/t11-/m1/s1. The molecule has 4 rings (SSSR count). The van der Waals surface area contributed by atoms with Crippen molar-refractivity contribution in [3.63, 3.8) is 0 Å². The van der Waals surface area contributed by atoms with Gasteiger partial charge in [0.25, 0.3) is 0 Å². The van der Waals surface area contributed by atoms with E-state index in [2.05, 4.69) is 41.2 Å². The number of nitrogens with one attached hydrogen (secondary N) is 1. The lowest BCUT2D eigenvalue weighted by Gasteiger charge is -2.16. The molecule has 1 aliphatic rings. The van der Waals surface area contributed by atoms with Crippen molar-refractivity contribution in [2.75, 3.05) is 5.32 Å². The van der Waals surface area contributed by atoms with Gasteiger partial charge < -0.3 is 5.32 Å². The summed E-state index contributed by atoms with van der Waals surface area (Å²) in [6.45, 7) is 2.25. The number of nitrogens with zero attached hydrogens (tertiary/aromatic N) is 2. The first-order valence-corrected chi connectivity index (χ1v) is 8.31. The molecular weight excluding hydrogens is 278 g/mol. The molecule has 2 aromatic heterocycles. The Kier molecular flexibility index (Phi) is 3.11. The maximum Gasteiger partial charge on any atom is 0.162 e. The smallest absolute Gasteiger partial charge is 0.162 e. The lowest BCUT2D eigenvalue weighted by Crippen LogP contribution is -2.18. The lowest BCUT2D eigenvalue weighted by atomic mass is 10.2. The zero-order chi connectivity index (χ0) is 14.2. The first kappa shape index (κ1) is 12.8. The van der Waals surface area contributed by atoms with Gasteiger partial charge in [-0.1, -0.05) is 12.1 Å². The van der Waals surface area contributed by atoms with Gasteiger partial charge in [0.15, 0.2) is 5.82 Å². The molecule has 4 heteroatoms. The van der Waals surface area contributed by atoms with Gasteiger partial charge in [0, 0.05) is 22.4 Å². The predicted molar refractivity (Wildman–Crippen MR) is 88.7 cm³/mol. The molecule has 1 saturated carbocycles. The summed E-state index contributed by atoms with van der Waals surface area (Å²) in [7, 11) is 0. The quantitative estimate of drug-likeness (QED) is 0.766. The Morgan fingerprint density at radius 1 is 1.19 bits per heavy atom. The number of fused-ring (bicyclic) bond motifs is 1. The Morgan fingerprint density at radius 2 is 2.05 bits per heavy atom. The second kappa shape index (κ2) is 5.11. The summed E-state index contributed by atoms with van der Waals surface area (Å²) in [5.74, 6) is 2.56. The van der Waals surface area contributed by atoms with Gasteiger partial charge in [0.1, 0.15) is 5.82 Å². The van der Waals surface area contributed by atoms with E-state index < -0.39 is 0 Å². The van der Waals surface area contributed by atoms with Crippen LogP contribution in [0.4, 0.5) is 5.82 Å². The molecule has 1 aliphatic carbocycles. The van der Waals surface area contributed by atoms with E-state index in [-0.39, 0.29) is 0 Å². The first-order valence-electron chi connectivity index (χ1n) is 7.37. The predicted octanol–water partition coefficient (Wildman–Crippen LogP) is 4.57. The highest BCUT2D eigenvalue weighted by Crippen LogP contribution is 2.35. The summed E-state index contributed by atoms with van der Waals surface area (Å²) < 4.78 is 0. The summed E-state index contributed by atoms with van der Waals surface area (Å²) in [5.41, 5.74) is 2.09. The number of hydrogen-bond acceptors (Lipinski definition) is 4. The van der Waals surface area contributed by atoms with Crippen LogP contribution < -0.4 is 5.32 Å². The molecule has 0 amide bonds. The van der Waals surface area contributed by atoms with Crippen LogP contribution >= 0.6 is 11.3 Å². The summed E-state index contributed by atoms with van der Waals surface area (Å²) >= 11 is 1.67. The first-order chi connectivity index (χ1) is 10.3. The fourth-order valence-electron chi connectivity index (χ4n) is 2.64. The van der Waals surface area contributed by atoms with Crippen LogP contribution in [0.15, 0.2) is 41.1 Å². The molecule has 3 aromatic rings. The zero-order valence-electron chi connectivity index (χ0n) is 11.9. The molecule has 0 aliphatic heterocycles. The topological polar surface area (TPSA) is 37.8 Å². The van der Waals surface area contributed by atoms with E-state index in [1.807, 2.05) is 12.1 Å². The number of benzene rings is 1. The van der Waals surface area contributed by atoms with Gasteiger partial charge >= 0.3 is 0 Å². The Labute approximate surface area is 128 Å². The van der Waals surface area contributed by atoms with E-state index in [1.165, 1.54) is 12.8 Å². The maximum absolute atomic E-state index is 4.78. The SMILES string of the molecule is C[C@@H](Nc1nc(-c2ccsc2)nc2ccccc12)C1CC1. The average molecular weight is 295 g/mol. The molecule has 0 radical (unpaired) electrons. The zero-order valence-corrected chi connectivity index (χ0v) is 12.7. The van der Waals surface area contributed by atoms with Crippen LogP contribution in [-0.4, -0.2) is 16.0 Å². The van der Waals surface area contributed by atoms with Crippen LogP contribution in [-0.2, 0) is 0 Å². The molecule has 1 fully saturated rings. The highest BCUT2D eigenvalue weighted by atomic mass is 32.1. The molecule has 0 unspecified atom stereocenters. The van der Waals surface area contributed by atoms with Gasteiger partial charge in [-0.25, -0.2) is 9.97 Å². The molecule has 1 aromatic carbocycles. The third kappa shape index (κ3) is 2.51. The number of hydrogen-bond donors (Lipinski definition) is 1. The summed E-state index contributed by atoms with van der Waals surface area (Å²) in [5, 5.41) is 8.86. The van der Waals surface area contributed by atoms with E-state index in [4.69, 9.17) is 9.97 Å². The van der Waals surface area contributed by atoms with Crippen LogP contribution in [0.25, 0.3) is 22.3 Å². The van der Waals surface area contributed by atoms with E-state index >= 15 is 0 Å². The number of anilines is 1. The van der Waals surface area contributed by atoms with Crippen molar-refractivity contribution < 1.29 is 0 Å².